The Morgan fingerprint density at radius 1 is 1.32 bits per heavy atom. The summed E-state index contributed by atoms with van der Waals surface area (Å²) in [5.41, 5.74) is 0.855. The number of carbonyl (C=O) groups is 1. The number of aromatic nitrogens is 2. The van der Waals surface area contributed by atoms with Crippen LogP contribution in [0.3, 0.4) is 0 Å². The molecule has 1 aromatic carbocycles. The van der Waals surface area contributed by atoms with Crippen molar-refractivity contribution in [2.45, 2.75) is 57.8 Å². The van der Waals surface area contributed by atoms with E-state index in [0.717, 1.165) is 48.9 Å². The number of carbonyl (C=O) groups excluding carboxylic acids is 1. The van der Waals surface area contributed by atoms with Crippen LogP contribution in [0, 0.1) is 12.8 Å². The first-order chi connectivity index (χ1) is 13.6. The molecule has 2 aromatic rings. The molecule has 2 heterocycles. The molecule has 1 saturated carbocycles. The normalized spacial score (nSPS) is 22.3. The molecule has 4 rings (SSSR count). The zero-order valence-corrected chi connectivity index (χ0v) is 16.8. The Morgan fingerprint density at radius 3 is 2.75 bits per heavy atom. The molecule has 0 spiro atoms. The molecular weight excluding hydrogens is 354 g/mol. The predicted molar refractivity (Wildman–Crippen MR) is 105 cm³/mol. The van der Waals surface area contributed by atoms with E-state index in [4.69, 9.17) is 9.26 Å². The molecule has 0 N–H and O–H groups in total. The molecule has 1 atom stereocenters. The standard InChI is InChI=1S/C22H29N3O3/c1-3-27-19-9-7-17(8-10-19)13-20(26)25-12-4-11-22(15-25,14-18-5-6-18)21-23-16(2)28-24-21/h7-10,18H,3-6,11-15H2,1-2H3. The summed E-state index contributed by atoms with van der Waals surface area (Å²) in [6.07, 6.45) is 6.03. The number of amides is 1. The van der Waals surface area contributed by atoms with Crippen molar-refractivity contribution in [1.82, 2.24) is 15.0 Å². The van der Waals surface area contributed by atoms with E-state index >= 15 is 0 Å². The minimum Gasteiger partial charge on any atom is -0.494 e. The van der Waals surface area contributed by atoms with E-state index in [0.29, 0.717) is 25.5 Å². The number of nitrogens with zero attached hydrogens (tertiary/aromatic N) is 3. The van der Waals surface area contributed by atoms with Gasteiger partial charge in [-0.1, -0.05) is 30.1 Å². The van der Waals surface area contributed by atoms with Crippen LogP contribution >= 0.6 is 0 Å². The average Bonchev–Trinajstić information content (AvgIpc) is 3.39. The molecule has 0 bridgehead atoms. The van der Waals surface area contributed by atoms with Crippen molar-refractivity contribution in [2.24, 2.45) is 5.92 Å². The smallest absolute Gasteiger partial charge is 0.227 e. The number of rotatable bonds is 7. The number of piperidine rings is 1. The zero-order chi connectivity index (χ0) is 19.6. The highest BCUT2D eigenvalue weighted by molar-refractivity contribution is 5.79. The number of benzene rings is 1. The molecule has 2 aliphatic rings. The lowest BCUT2D eigenvalue weighted by Crippen LogP contribution is -2.49. The molecule has 1 aliphatic carbocycles. The quantitative estimate of drug-likeness (QED) is 0.729. The van der Waals surface area contributed by atoms with Crippen LogP contribution in [0.1, 0.15) is 56.3 Å². The number of aryl methyl sites for hydroxylation is 1. The molecular formula is C22H29N3O3. The van der Waals surface area contributed by atoms with Crippen molar-refractivity contribution in [2.75, 3.05) is 19.7 Å². The lowest BCUT2D eigenvalue weighted by atomic mass is 9.74. The van der Waals surface area contributed by atoms with Gasteiger partial charge in [0.1, 0.15) is 5.75 Å². The number of hydrogen-bond donors (Lipinski definition) is 0. The highest BCUT2D eigenvalue weighted by Gasteiger charge is 2.45. The van der Waals surface area contributed by atoms with Crippen LogP contribution in [0.2, 0.25) is 0 Å². The largest absolute Gasteiger partial charge is 0.494 e. The summed E-state index contributed by atoms with van der Waals surface area (Å²) >= 11 is 0. The van der Waals surface area contributed by atoms with Gasteiger partial charge < -0.3 is 14.2 Å². The molecule has 28 heavy (non-hydrogen) atoms. The van der Waals surface area contributed by atoms with Gasteiger partial charge in [-0.2, -0.15) is 4.98 Å². The second-order valence-corrected chi connectivity index (χ2v) is 8.24. The maximum absolute atomic E-state index is 13.0. The first-order valence-electron chi connectivity index (χ1n) is 10.4. The van der Waals surface area contributed by atoms with Gasteiger partial charge in [-0.05, 0) is 49.8 Å². The Bertz CT molecular complexity index is 813. The van der Waals surface area contributed by atoms with Crippen molar-refractivity contribution < 1.29 is 14.1 Å². The Kier molecular flexibility index (Phi) is 5.38. The van der Waals surface area contributed by atoms with Gasteiger partial charge in [0.15, 0.2) is 5.82 Å². The first kappa shape index (κ1) is 19.0. The van der Waals surface area contributed by atoms with Gasteiger partial charge in [0.2, 0.25) is 11.8 Å². The van der Waals surface area contributed by atoms with E-state index < -0.39 is 0 Å². The molecule has 1 amide bonds. The minimum absolute atomic E-state index is 0.161. The Balaban J connectivity index is 1.47. The van der Waals surface area contributed by atoms with Gasteiger partial charge in [-0.25, -0.2) is 0 Å². The fraction of sp³-hybridized carbons (Fsp3) is 0.591. The van der Waals surface area contributed by atoms with E-state index in [-0.39, 0.29) is 11.3 Å². The van der Waals surface area contributed by atoms with Crippen molar-refractivity contribution in [3.8, 4) is 5.75 Å². The van der Waals surface area contributed by atoms with Crippen molar-refractivity contribution in [3.63, 3.8) is 0 Å². The summed E-state index contributed by atoms with van der Waals surface area (Å²) in [5, 5.41) is 4.26. The lowest BCUT2D eigenvalue weighted by Gasteiger charge is -2.41. The SMILES string of the molecule is CCOc1ccc(CC(=O)N2CCCC(CC3CC3)(c3noc(C)n3)C2)cc1. The van der Waals surface area contributed by atoms with E-state index in [9.17, 15) is 4.79 Å². The van der Waals surface area contributed by atoms with Gasteiger partial charge in [-0.3, -0.25) is 4.79 Å². The van der Waals surface area contributed by atoms with Crippen molar-refractivity contribution in [1.29, 1.82) is 0 Å². The lowest BCUT2D eigenvalue weighted by molar-refractivity contribution is -0.133. The molecule has 1 saturated heterocycles. The van der Waals surface area contributed by atoms with Crippen molar-refractivity contribution in [3.05, 3.63) is 41.5 Å². The molecule has 1 unspecified atom stereocenters. The van der Waals surface area contributed by atoms with Gasteiger partial charge in [0.05, 0.1) is 18.4 Å². The fourth-order valence-electron chi connectivity index (χ4n) is 4.33. The van der Waals surface area contributed by atoms with E-state index in [2.05, 4.69) is 10.1 Å². The molecule has 0 radical (unpaired) electrons. The second-order valence-electron chi connectivity index (χ2n) is 8.24. The summed E-state index contributed by atoms with van der Waals surface area (Å²) in [6.45, 7) is 5.94. The molecule has 1 aliphatic heterocycles. The Hall–Kier alpha value is -2.37. The minimum atomic E-state index is -0.161. The highest BCUT2D eigenvalue weighted by atomic mass is 16.5. The number of likely N-dealkylation sites (tertiary alicyclic amines) is 1. The van der Waals surface area contributed by atoms with E-state index in [1.165, 1.54) is 12.8 Å². The Labute approximate surface area is 166 Å². The summed E-state index contributed by atoms with van der Waals surface area (Å²) in [7, 11) is 0. The van der Waals surface area contributed by atoms with Gasteiger partial charge in [0.25, 0.3) is 0 Å². The van der Waals surface area contributed by atoms with Crippen LogP contribution in [-0.4, -0.2) is 40.6 Å². The third kappa shape index (κ3) is 4.21. The third-order valence-corrected chi connectivity index (χ3v) is 5.90. The van der Waals surface area contributed by atoms with E-state index in [1.807, 2.05) is 43.0 Å². The van der Waals surface area contributed by atoms with Gasteiger partial charge in [0, 0.05) is 20.0 Å². The molecule has 6 nitrogen and oxygen atoms in total. The summed E-state index contributed by atoms with van der Waals surface area (Å²) in [5.74, 6) is 3.13. The highest BCUT2D eigenvalue weighted by Crippen LogP contribution is 2.45. The van der Waals surface area contributed by atoms with Crippen LogP contribution in [0.4, 0.5) is 0 Å². The third-order valence-electron chi connectivity index (χ3n) is 5.90. The second kappa shape index (κ2) is 7.94. The fourth-order valence-corrected chi connectivity index (χ4v) is 4.33. The molecule has 2 fully saturated rings. The number of ether oxygens (including phenoxy) is 1. The van der Waals surface area contributed by atoms with Crippen LogP contribution < -0.4 is 4.74 Å². The monoisotopic (exact) mass is 383 g/mol. The number of hydrogen-bond acceptors (Lipinski definition) is 5. The molecule has 150 valence electrons. The van der Waals surface area contributed by atoms with E-state index in [1.54, 1.807) is 0 Å². The summed E-state index contributed by atoms with van der Waals surface area (Å²) < 4.78 is 10.8. The van der Waals surface area contributed by atoms with Crippen LogP contribution in [0.15, 0.2) is 28.8 Å². The maximum Gasteiger partial charge on any atom is 0.227 e. The predicted octanol–water partition coefficient (Wildman–Crippen LogP) is 3.68. The van der Waals surface area contributed by atoms with Crippen LogP contribution in [-0.2, 0) is 16.6 Å². The molecule has 6 heteroatoms. The van der Waals surface area contributed by atoms with Crippen molar-refractivity contribution >= 4 is 5.91 Å². The summed E-state index contributed by atoms with van der Waals surface area (Å²) in [6, 6.07) is 7.82. The maximum atomic E-state index is 13.0. The Morgan fingerprint density at radius 2 is 2.11 bits per heavy atom. The first-order valence-corrected chi connectivity index (χ1v) is 10.4. The van der Waals surface area contributed by atoms with Gasteiger partial charge in [-0.15, -0.1) is 0 Å². The zero-order valence-electron chi connectivity index (χ0n) is 16.8. The van der Waals surface area contributed by atoms with Crippen LogP contribution in [0.5, 0.6) is 5.75 Å². The average molecular weight is 383 g/mol. The van der Waals surface area contributed by atoms with Gasteiger partial charge >= 0.3 is 0 Å². The summed E-state index contributed by atoms with van der Waals surface area (Å²) in [4.78, 5) is 19.6. The van der Waals surface area contributed by atoms with Crippen LogP contribution in [0.25, 0.3) is 0 Å². The molecule has 1 aromatic heterocycles. The topological polar surface area (TPSA) is 68.5 Å².